The maximum atomic E-state index is 12.0. The van der Waals surface area contributed by atoms with Crippen molar-refractivity contribution >= 4 is 11.6 Å². The van der Waals surface area contributed by atoms with Crippen LogP contribution in [0.2, 0.25) is 0 Å². The van der Waals surface area contributed by atoms with Crippen LogP contribution in [0.1, 0.15) is 37.0 Å². The molecule has 0 atom stereocenters. The van der Waals surface area contributed by atoms with Gasteiger partial charge in [0.2, 0.25) is 0 Å². The van der Waals surface area contributed by atoms with Gasteiger partial charge in [0, 0.05) is 17.8 Å². The number of nitrogens with one attached hydrogen (secondary N) is 2. The molecular weight excluding hydrogens is 226 g/mol. The van der Waals surface area contributed by atoms with Crippen LogP contribution in [-0.2, 0) is 0 Å². The zero-order valence-electron chi connectivity index (χ0n) is 11.0. The second kappa shape index (κ2) is 4.98. The quantitative estimate of drug-likeness (QED) is 0.551. The predicted octanol–water partition coefficient (Wildman–Crippen LogP) is 2.14. The topological polar surface area (TPSA) is 67.2 Å². The molecule has 0 radical (unpaired) electrons. The number of hydrogen-bond donors (Lipinski definition) is 3. The van der Waals surface area contributed by atoms with Crippen molar-refractivity contribution in [3.05, 3.63) is 29.8 Å². The third kappa shape index (κ3) is 2.64. The normalized spacial score (nSPS) is 16.4. The summed E-state index contributed by atoms with van der Waals surface area (Å²) in [5.41, 5.74) is 4.36. The molecule has 0 aliphatic heterocycles. The summed E-state index contributed by atoms with van der Waals surface area (Å²) in [4.78, 5) is 12.0. The highest BCUT2D eigenvalue weighted by Crippen LogP contribution is 2.51. The number of nitrogens with two attached hydrogens (primary N) is 1. The van der Waals surface area contributed by atoms with Gasteiger partial charge < -0.3 is 10.7 Å². The van der Waals surface area contributed by atoms with Gasteiger partial charge in [-0.15, -0.1) is 0 Å². The number of anilines is 1. The number of benzene rings is 1. The van der Waals surface area contributed by atoms with Gasteiger partial charge in [-0.25, -0.2) is 0 Å². The van der Waals surface area contributed by atoms with E-state index in [1.807, 2.05) is 0 Å². The Morgan fingerprint density at radius 1 is 1.33 bits per heavy atom. The lowest BCUT2D eigenvalue weighted by atomic mass is 9.92. The fourth-order valence-corrected chi connectivity index (χ4v) is 2.20. The Bertz CT molecular complexity index is 421. The molecule has 4 nitrogen and oxygen atoms in total. The van der Waals surface area contributed by atoms with Crippen molar-refractivity contribution in [3.63, 3.8) is 0 Å². The lowest BCUT2D eigenvalue weighted by molar-refractivity contribution is 0.0940. The fourth-order valence-electron chi connectivity index (χ4n) is 2.20. The molecule has 1 aliphatic carbocycles. The van der Waals surface area contributed by atoms with Gasteiger partial charge in [-0.1, -0.05) is 13.8 Å². The Balaban J connectivity index is 1.91. The number of carbonyl (C=O) groups is 1. The molecule has 18 heavy (non-hydrogen) atoms. The van der Waals surface area contributed by atoms with E-state index < -0.39 is 0 Å². The van der Waals surface area contributed by atoms with Crippen LogP contribution in [0.25, 0.3) is 0 Å². The van der Waals surface area contributed by atoms with Crippen LogP contribution in [0.15, 0.2) is 24.3 Å². The molecule has 1 fully saturated rings. The Morgan fingerprint density at radius 3 is 2.39 bits per heavy atom. The standard InChI is InChI=1S/C14H21N3O/c1-10(2)14(7-8-14)9-16-13(18)11-3-5-12(17-15)6-4-11/h3-6,10,17H,7-9,15H2,1-2H3,(H,16,18). The van der Waals surface area contributed by atoms with Gasteiger partial charge in [0.1, 0.15) is 0 Å². The van der Waals surface area contributed by atoms with E-state index in [-0.39, 0.29) is 5.91 Å². The minimum Gasteiger partial charge on any atom is -0.351 e. The summed E-state index contributed by atoms with van der Waals surface area (Å²) < 4.78 is 0. The van der Waals surface area contributed by atoms with E-state index >= 15 is 0 Å². The van der Waals surface area contributed by atoms with Gasteiger partial charge in [0.05, 0.1) is 0 Å². The number of hydrazine groups is 1. The molecule has 0 aromatic heterocycles. The van der Waals surface area contributed by atoms with Crippen molar-refractivity contribution in [2.45, 2.75) is 26.7 Å². The molecule has 1 saturated carbocycles. The van der Waals surface area contributed by atoms with Gasteiger partial charge in [-0.05, 0) is 48.4 Å². The molecule has 0 unspecified atom stereocenters. The van der Waals surface area contributed by atoms with Gasteiger partial charge in [0.25, 0.3) is 5.91 Å². The van der Waals surface area contributed by atoms with Gasteiger partial charge in [-0.2, -0.15) is 0 Å². The molecule has 1 aromatic rings. The Labute approximate surface area is 108 Å². The molecule has 1 aromatic carbocycles. The van der Waals surface area contributed by atoms with E-state index in [0.29, 0.717) is 16.9 Å². The molecule has 4 N–H and O–H groups in total. The Hall–Kier alpha value is -1.55. The summed E-state index contributed by atoms with van der Waals surface area (Å²) in [5, 5.41) is 3.03. The highest BCUT2D eigenvalue weighted by Gasteiger charge is 2.45. The van der Waals surface area contributed by atoms with Gasteiger partial charge >= 0.3 is 0 Å². The molecule has 2 rings (SSSR count). The largest absolute Gasteiger partial charge is 0.351 e. The van der Waals surface area contributed by atoms with E-state index in [1.54, 1.807) is 24.3 Å². The average molecular weight is 247 g/mol. The minimum atomic E-state index is -0.00880. The number of amides is 1. The first-order valence-electron chi connectivity index (χ1n) is 6.42. The summed E-state index contributed by atoms with van der Waals surface area (Å²) in [6.07, 6.45) is 2.45. The number of carbonyl (C=O) groups excluding carboxylic acids is 1. The van der Waals surface area contributed by atoms with Crippen LogP contribution in [0.3, 0.4) is 0 Å². The van der Waals surface area contributed by atoms with Crippen molar-refractivity contribution in [2.24, 2.45) is 17.2 Å². The van der Waals surface area contributed by atoms with E-state index in [2.05, 4.69) is 24.6 Å². The molecule has 4 heteroatoms. The highest BCUT2D eigenvalue weighted by molar-refractivity contribution is 5.94. The third-order valence-electron chi connectivity index (χ3n) is 4.03. The summed E-state index contributed by atoms with van der Waals surface area (Å²) in [6.45, 7) is 5.22. The second-order valence-electron chi connectivity index (χ2n) is 5.42. The zero-order chi connectivity index (χ0) is 13.2. The number of hydrogen-bond acceptors (Lipinski definition) is 3. The fraction of sp³-hybridized carbons (Fsp3) is 0.500. The summed E-state index contributed by atoms with van der Waals surface area (Å²) in [6, 6.07) is 7.15. The summed E-state index contributed by atoms with van der Waals surface area (Å²) in [7, 11) is 0. The van der Waals surface area contributed by atoms with Crippen molar-refractivity contribution < 1.29 is 4.79 Å². The first-order chi connectivity index (χ1) is 8.57. The van der Waals surface area contributed by atoms with Crippen LogP contribution >= 0.6 is 0 Å². The van der Waals surface area contributed by atoms with Crippen molar-refractivity contribution in [2.75, 3.05) is 12.0 Å². The van der Waals surface area contributed by atoms with Crippen LogP contribution < -0.4 is 16.6 Å². The molecule has 0 saturated heterocycles. The smallest absolute Gasteiger partial charge is 0.251 e. The molecule has 1 amide bonds. The van der Waals surface area contributed by atoms with Crippen LogP contribution in [-0.4, -0.2) is 12.5 Å². The molecule has 1 aliphatic rings. The molecule has 0 bridgehead atoms. The maximum absolute atomic E-state index is 12.0. The predicted molar refractivity (Wildman–Crippen MR) is 73.1 cm³/mol. The van der Waals surface area contributed by atoms with Crippen molar-refractivity contribution in [1.29, 1.82) is 0 Å². The van der Waals surface area contributed by atoms with Crippen molar-refractivity contribution in [1.82, 2.24) is 5.32 Å². The van der Waals surface area contributed by atoms with Crippen LogP contribution in [0.4, 0.5) is 5.69 Å². The second-order valence-corrected chi connectivity index (χ2v) is 5.42. The zero-order valence-corrected chi connectivity index (χ0v) is 11.0. The maximum Gasteiger partial charge on any atom is 0.251 e. The van der Waals surface area contributed by atoms with Crippen LogP contribution in [0, 0.1) is 11.3 Å². The van der Waals surface area contributed by atoms with Gasteiger partial charge in [0.15, 0.2) is 0 Å². The lowest BCUT2D eigenvalue weighted by Crippen LogP contribution is -2.32. The monoisotopic (exact) mass is 247 g/mol. The average Bonchev–Trinajstić information content (AvgIpc) is 3.17. The van der Waals surface area contributed by atoms with E-state index in [0.717, 1.165) is 12.2 Å². The van der Waals surface area contributed by atoms with E-state index in [4.69, 9.17) is 5.84 Å². The lowest BCUT2D eigenvalue weighted by Gasteiger charge is -2.20. The molecule has 98 valence electrons. The first kappa shape index (κ1) is 12.9. The summed E-state index contributed by atoms with van der Waals surface area (Å²) >= 11 is 0. The number of rotatable bonds is 5. The molecule has 0 spiro atoms. The van der Waals surface area contributed by atoms with Crippen molar-refractivity contribution in [3.8, 4) is 0 Å². The van der Waals surface area contributed by atoms with E-state index in [9.17, 15) is 4.79 Å². The number of nitrogen functional groups attached to an aromatic ring is 1. The van der Waals surface area contributed by atoms with E-state index in [1.165, 1.54) is 12.8 Å². The summed E-state index contributed by atoms with van der Waals surface area (Å²) in [5.74, 6) is 5.90. The Morgan fingerprint density at radius 2 is 1.94 bits per heavy atom. The highest BCUT2D eigenvalue weighted by atomic mass is 16.1. The first-order valence-corrected chi connectivity index (χ1v) is 6.42. The minimum absolute atomic E-state index is 0.00880. The Kier molecular flexibility index (Phi) is 3.57. The van der Waals surface area contributed by atoms with Crippen LogP contribution in [0.5, 0.6) is 0 Å². The molecular formula is C14H21N3O. The molecule has 0 heterocycles. The van der Waals surface area contributed by atoms with Gasteiger partial charge in [-0.3, -0.25) is 10.6 Å². The third-order valence-corrected chi connectivity index (χ3v) is 4.03. The SMILES string of the molecule is CC(C)C1(CNC(=O)c2ccc(NN)cc2)CC1.